The van der Waals surface area contributed by atoms with Gasteiger partial charge < -0.3 is 14.1 Å². The Balaban J connectivity index is 1.40. The van der Waals surface area contributed by atoms with Crippen LogP contribution < -0.4 is 10.9 Å². The Morgan fingerprint density at radius 3 is 2.79 bits per heavy atom. The van der Waals surface area contributed by atoms with E-state index in [-0.39, 0.29) is 36.4 Å². The number of amides is 3. The van der Waals surface area contributed by atoms with E-state index in [2.05, 4.69) is 5.32 Å². The van der Waals surface area contributed by atoms with Gasteiger partial charge in [0.25, 0.3) is 5.91 Å². The number of carbonyl (C=O) groups is 3. The van der Waals surface area contributed by atoms with Gasteiger partial charge in [-0.25, -0.2) is 9.59 Å². The van der Waals surface area contributed by atoms with Gasteiger partial charge in [0, 0.05) is 19.2 Å². The molecule has 8 heteroatoms. The Bertz CT molecular complexity index is 1010. The molecule has 1 atom stereocenters. The van der Waals surface area contributed by atoms with E-state index in [0.717, 1.165) is 12.0 Å². The summed E-state index contributed by atoms with van der Waals surface area (Å²) < 4.78 is 10.4. The Kier molecular flexibility index (Phi) is 5.16. The number of nitrogens with one attached hydrogen (secondary N) is 1. The van der Waals surface area contributed by atoms with Crippen molar-refractivity contribution in [3.8, 4) is 0 Å². The largest absolute Gasteiger partial charge is 0.445 e. The summed E-state index contributed by atoms with van der Waals surface area (Å²) >= 11 is 0. The number of imide groups is 1. The van der Waals surface area contributed by atoms with Crippen LogP contribution in [0, 0.1) is 5.92 Å². The Hall–Kier alpha value is -3.42. The van der Waals surface area contributed by atoms with Crippen LogP contribution in [-0.2, 0) is 29.0 Å². The summed E-state index contributed by atoms with van der Waals surface area (Å²) in [5, 5.41) is 2.26. The number of nitrogens with zero attached hydrogens (tertiary/aromatic N) is 1. The van der Waals surface area contributed by atoms with Gasteiger partial charge in [-0.3, -0.25) is 14.9 Å². The van der Waals surface area contributed by atoms with Gasteiger partial charge in [0.2, 0.25) is 5.91 Å². The fourth-order valence-corrected chi connectivity index (χ4v) is 3.82. The molecule has 0 radical (unpaired) electrons. The fourth-order valence-electron chi connectivity index (χ4n) is 3.82. The molecule has 2 aliphatic rings. The lowest BCUT2D eigenvalue weighted by Gasteiger charge is -2.19. The van der Waals surface area contributed by atoms with E-state index in [9.17, 15) is 19.2 Å². The van der Waals surface area contributed by atoms with Gasteiger partial charge in [-0.05, 0) is 29.9 Å². The maximum Gasteiger partial charge on any atom is 0.410 e. The molecule has 3 heterocycles. The minimum atomic E-state index is -0.585. The first-order valence-electron chi connectivity index (χ1n) is 9.45. The fraction of sp³-hybridized carbons (Fsp3) is 0.333. The lowest BCUT2D eigenvalue weighted by atomic mass is 9.93. The number of hydrogen-bond acceptors (Lipinski definition) is 6. The summed E-state index contributed by atoms with van der Waals surface area (Å²) in [6.07, 6.45) is 0.662. The normalized spacial score (nSPS) is 18.3. The molecule has 0 aliphatic carbocycles. The second kappa shape index (κ2) is 7.90. The van der Waals surface area contributed by atoms with Crippen molar-refractivity contribution < 1.29 is 23.5 Å². The Labute approximate surface area is 166 Å². The molecule has 0 bridgehead atoms. The van der Waals surface area contributed by atoms with E-state index in [4.69, 9.17) is 9.15 Å². The smallest absolute Gasteiger partial charge is 0.410 e. The molecule has 29 heavy (non-hydrogen) atoms. The molecule has 1 unspecified atom stereocenters. The molecule has 1 N–H and O–H groups in total. The molecular weight excluding hydrogens is 376 g/mol. The SMILES string of the molecule is O=C1Cc2oc(=O)cc(CC3CCN(C(=O)OCc4ccccc4)C3)c2C(=O)N1. The third-order valence-corrected chi connectivity index (χ3v) is 5.17. The van der Waals surface area contributed by atoms with Crippen molar-refractivity contribution >= 4 is 17.9 Å². The lowest BCUT2D eigenvalue weighted by molar-refractivity contribution is -0.120. The van der Waals surface area contributed by atoms with Gasteiger partial charge in [0.15, 0.2) is 0 Å². The first-order valence-corrected chi connectivity index (χ1v) is 9.45. The zero-order valence-corrected chi connectivity index (χ0v) is 15.7. The van der Waals surface area contributed by atoms with Crippen LogP contribution in [0.5, 0.6) is 0 Å². The number of carbonyl (C=O) groups excluding carboxylic acids is 3. The van der Waals surface area contributed by atoms with Crippen LogP contribution >= 0.6 is 0 Å². The molecule has 2 aliphatic heterocycles. The van der Waals surface area contributed by atoms with Crippen LogP contribution in [-0.4, -0.2) is 35.9 Å². The van der Waals surface area contributed by atoms with Crippen LogP contribution in [0.4, 0.5) is 4.79 Å². The van der Waals surface area contributed by atoms with E-state index < -0.39 is 17.4 Å². The minimum Gasteiger partial charge on any atom is -0.445 e. The predicted octanol–water partition coefficient (Wildman–Crippen LogP) is 1.65. The molecule has 0 saturated carbocycles. The number of hydrogen-bond donors (Lipinski definition) is 1. The van der Waals surface area contributed by atoms with Crippen LogP contribution in [0.25, 0.3) is 0 Å². The molecule has 4 rings (SSSR count). The van der Waals surface area contributed by atoms with Crippen molar-refractivity contribution in [1.82, 2.24) is 10.2 Å². The standard InChI is InChI=1S/C21H20N2O6/c24-17-10-16-19(20(26)22-17)15(9-18(25)29-16)8-14-6-7-23(11-14)21(27)28-12-13-4-2-1-3-5-13/h1-5,9,14H,6-8,10-12H2,(H,22,24,26). The van der Waals surface area contributed by atoms with Crippen LogP contribution in [0.3, 0.4) is 0 Å². The zero-order chi connectivity index (χ0) is 20.4. The zero-order valence-electron chi connectivity index (χ0n) is 15.7. The third kappa shape index (κ3) is 4.21. The van der Waals surface area contributed by atoms with Crippen molar-refractivity contribution in [3.05, 3.63) is 69.3 Å². The number of benzene rings is 1. The average molecular weight is 396 g/mol. The molecule has 3 amide bonds. The number of likely N-dealkylation sites (tertiary alicyclic amines) is 1. The van der Waals surface area contributed by atoms with Gasteiger partial charge >= 0.3 is 11.7 Å². The van der Waals surface area contributed by atoms with E-state index >= 15 is 0 Å². The van der Waals surface area contributed by atoms with Gasteiger partial charge in [-0.15, -0.1) is 0 Å². The van der Waals surface area contributed by atoms with Crippen LogP contribution in [0.2, 0.25) is 0 Å². The molecule has 1 saturated heterocycles. The maximum atomic E-state index is 12.3. The average Bonchev–Trinajstić information content (AvgIpc) is 3.14. The molecule has 150 valence electrons. The van der Waals surface area contributed by atoms with Crippen molar-refractivity contribution in [2.24, 2.45) is 5.92 Å². The number of fused-ring (bicyclic) bond motifs is 1. The van der Waals surface area contributed by atoms with Crippen LogP contribution in [0.15, 0.2) is 45.6 Å². The number of ether oxygens (including phenoxy) is 1. The van der Waals surface area contributed by atoms with Gasteiger partial charge in [0.1, 0.15) is 12.4 Å². The molecular formula is C21H20N2O6. The second-order valence-corrected chi connectivity index (χ2v) is 7.29. The second-order valence-electron chi connectivity index (χ2n) is 7.29. The maximum absolute atomic E-state index is 12.3. The highest BCUT2D eigenvalue weighted by Crippen LogP contribution is 2.25. The van der Waals surface area contributed by atoms with Crippen molar-refractivity contribution in [3.63, 3.8) is 0 Å². The van der Waals surface area contributed by atoms with E-state index in [1.807, 2.05) is 30.3 Å². The number of rotatable bonds is 4. The molecule has 2 aromatic rings. The van der Waals surface area contributed by atoms with Gasteiger partial charge in [-0.1, -0.05) is 30.3 Å². The van der Waals surface area contributed by atoms with E-state index in [1.165, 1.54) is 6.07 Å². The van der Waals surface area contributed by atoms with Crippen LogP contribution in [0.1, 0.15) is 33.7 Å². The quantitative estimate of drug-likeness (QED) is 0.788. The summed E-state index contributed by atoms with van der Waals surface area (Å²) in [7, 11) is 0. The van der Waals surface area contributed by atoms with Gasteiger partial charge in [-0.2, -0.15) is 0 Å². The summed E-state index contributed by atoms with van der Waals surface area (Å²) in [5.74, 6) is -0.850. The van der Waals surface area contributed by atoms with E-state index in [0.29, 0.717) is 25.1 Å². The first-order chi connectivity index (χ1) is 14.0. The molecule has 8 nitrogen and oxygen atoms in total. The molecule has 1 aromatic heterocycles. The summed E-state index contributed by atoms with van der Waals surface area (Å²) in [5.41, 5.74) is 1.14. The Morgan fingerprint density at radius 1 is 1.21 bits per heavy atom. The summed E-state index contributed by atoms with van der Waals surface area (Å²) in [4.78, 5) is 49.6. The monoisotopic (exact) mass is 396 g/mol. The summed E-state index contributed by atoms with van der Waals surface area (Å²) in [6, 6.07) is 10.7. The first kappa shape index (κ1) is 18.9. The van der Waals surface area contributed by atoms with Gasteiger partial charge in [0.05, 0.1) is 12.0 Å². The minimum absolute atomic E-state index is 0.0793. The molecule has 1 aromatic carbocycles. The van der Waals surface area contributed by atoms with E-state index in [1.54, 1.807) is 4.90 Å². The lowest BCUT2D eigenvalue weighted by Crippen LogP contribution is -2.39. The predicted molar refractivity (Wildman–Crippen MR) is 101 cm³/mol. The highest BCUT2D eigenvalue weighted by molar-refractivity contribution is 6.09. The van der Waals surface area contributed by atoms with Crippen molar-refractivity contribution in [2.45, 2.75) is 25.9 Å². The van der Waals surface area contributed by atoms with Crippen molar-refractivity contribution in [1.29, 1.82) is 0 Å². The topological polar surface area (TPSA) is 106 Å². The highest BCUT2D eigenvalue weighted by atomic mass is 16.6. The highest BCUT2D eigenvalue weighted by Gasteiger charge is 2.32. The third-order valence-electron chi connectivity index (χ3n) is 5.17. The summed E-state index contributed by atoms with van der Waals surface area (Å²) in [6.45, 7) is 1.23. The molecule has 1 fully saturated rings. The molecule has 0 spiro atoms. The van der Waals surface area contributed by atoms with Crippen molar-refractivity contribution in [2.75, 3.05) is 13.1 Å². The Morgan fingerprint density at radius 2 is 2.00 bits per heavy atom.